The van der Waals surface area contributed by atoms with E-state index in [1.165, 1.54) is 25.6 Å². The molecule has 0 atom stereocenters. The van der Waals surface area contributed by atoms with Crippen LogP contribution in [0.4, 0.5) is 0 Å². The summed E-state index contributed by atoms with van der Waals surface area (Å²) < 4.78 is 10.9. The number of ether oxygens (including phenoxy) is 2. The smallest absolute Gasteiger partial charge is 0.325 e. The summed E-state index contributed by atoms with van der Waals surface area (Å²) >= 11 is 7.50. The fourth-order valence-corrected chi connectivity index (χ4v) is 4.10. The predicted molar refractivity (Wildman–Crippen MR) is 109 cm³/mol. The number of nitrogens with zero attached hydrogens (tertiary/aromatic N) is 3. The van der Waals surface area contributed by atoms with Crippen LogP contribution in [0, 0.1) is 6.92 Å². The number of methoxy groups -OCH3 is 2. The van der Waals surface area contributed by atoms with Crippen molar-refractivity contribution in [1.82, 2.24) is 14.7 Å². The Morgan fingerprint density at radius 2 is 1.76 bits per heavy atom. The largest absolute Gasteiger partial charge is 0.468 e. The van der Waals surface area contributed by atoms with Crippen LogP contribution in [0.2, 0.25) is 5.02 Å². The topological polar surface area (TPSA) is 90.7 Å². The number of hydrogen-bond acceptors (Lipinski definition) is 7. The minimum Gasteiger partial charge on any atom is -0.468 e. The van der Waals surface area contributed by atoms with Crippen LogP contribution in [-0.4, -0.2) is 59.8 Å². The predicted octanol–water partition coefficient (Wildman–Crippen LogP) is 2.84. The van der Waals surface area contributed by atoms with E-state index < -0.39 is 17.8 Å². The van der Waals surface area contributed by atoms with E-state index in [1.54, 1.807) is 16.8 Å². The van der Waals surface area contributed by atoms with Crippen molar-refractivity contribution in [2.75, 3.05) is 27.3 Å². The average molecular weight is 436 g/mol. The zero-order valence-electron chi connectivity index (χ0n) is 16.0. The molecule has 0 bridgehead atoms. The molecule has 0 N–H and O–H groups in total. The van der Waals surface area contributed by atoms with Crippen molar-refractivity contribution in [3.63, 3.8) is 0 Å². The summed E-state index contributed by atoms with van der Waals surface area (Å²) in [7, 11) is 2.42. The Kier molecular flexibility index (Phi) is 6.19. The summed E-state index contributed by atoms with van der Waals surface area (Å²) in [5.41, 5.74) is 1.41. The first kappa shape index (κ1) is 20.8. The molecule has 8 nitrogen and oxygen atoms in total. The van der Waals surface area contributed by atoms with E-state index in [2.05, 4.69) is 14.6 Å². The Morgan fingerprint density at radius 1 is 1.14 bits per heavy atom. The SMILES string of the molecule is COC(=O)CN(CC(=O)OC)C(=O)c1cc2c(C)nn(-c3ccccc3Cl)c2s1. The molecule has 0 unspecified atom stereocenters. The third-order valence-corrected chi connectivity index (χ3v) is 5.64. The molecule has 0 saturated heterocycles. The van der Waals surface area contributed by atoms with Gasteiger partial charge in [-0.15, -0.1) is 11.3 Å². The number of para-hydroxylation sites is 1. The summed E-state index contributed by atoms with van der Waals surface area (Å²) in [6.45, 7) is 1.10. The highest BCUT2D eigenvalue weighted by Gasteiger charge is 2.25. The Morgan fingerprint density at radius 3 is 2.34 bits per heavy atom. The van der Waals surface area contributed by atoms with E-state index in [0.29, 0.717) is 15.6 Å². The summed E-state index contributed by atoms with van der Waals surface area (Å²) in [6, 6.07) is 8.95. The quantitative estimate of drug-likeness (QED) is 0.553. The van der Waals surface area contributed by atoms with Gasteiger partial charge in [0.1, 0.15) is 17.9 Å². The number of carbonyl (C=O) groups excluding carboxylic acids is 3. The molecule has 2 heterocycles. The van der Waals surface area contributed by atoms with Gasteiger partial charge in [0.05, 0.1) is 35.5 Å². The Labute approximate surface area is 175 Å². The maximum Gasteiger partial charge on any atom is 0.325 e. The fraction of sp³-hybridized carbons (Fsp3) is 0.263. The molecule has 0 fully saturated rings. The van der Waals surface area contributed by atoms with Gasteiger partial charge in [-0.05, 0) is 25.1 Å². The minimum absolute atomic E-state index is 0.356. The molecule has 0 radical (unpaired) electrons. The van der Waals surface area contributed by atoms with Gasteiger partial charge in [0.15, 0.2) is 0 Å². The number of halogens is 1. The highest BCUT2D eigenvalue weighted by molar-refractivity contribution is 7.20. The molecule has 0 aliphatic rings. The molecular weight excluding hydrogens is 418 g/mol. The van der Waals surface area contributed by atoms with Crippen molar-refractivity contribution in [2.24, 2.45) is 0 Å². The molecular formula is C19H18ClN3O5S. The van der Waals surface area contributed by atoms with Crippen molar-refractivity contribution in [2.45, 2.75) is 6.92 Å². The molecule has 10 heteroatoms. The summed E-state index contributed by atoms with van der Waals surface area (Å²) in [5, 5.41) is 5.83. The molecule has 1 aromatic carbocycles. The van der Waals surface area contributed by atoms with Crippen molar-refractivity contribution in [3.05, 3.63) is 45.9 Å². The number of carbonyl (C=O) groups is 3. The highest BCUT2D eigenvalue weighted by atomic mass is 35.5. The first-order valence-corrected chi connectivity index (χ1v) is 9.72. The number of aromatic nitrogens is 2. The number of rotatable bonds is 6. The number of fused-ring (bicyclic) bond motifs is 1. The van der Waals surface area contributed by atoms with Gasteiger partial charge in [-0.25, -0.2) is 4.68 Å². The molecule has 1 amide bonds. The van der Waals surface area contributed by atoms with Crippen LogP contribution < -0.4 is 0 Å². The first-order valence-electron chi connectivity index (χ1n) is 8.52. The third kappa shape index (κ3) is 4.25. The Bertz CT molecular complexity index is 1070. The van der Waals surface area contributed by atoms with Crippen LogP contribution in [0.3, 0.4) is 0 Å². The number of aryl methyl sites for hydroxylation is 1. The van der Waals surface area contributed by atoms with Crippen LogP contribution in [0.1, 0.15) is 15.4 Å². The highest BCUT2D eigenvalue weighted by Crippen LogP contribution is 2.33. The van der Waals surface area contributed by atoms with Crippen LogP contribution in [0.25, 0.3) is 15.9 Å². The zero-order valence-corrected chi connectivity index (χ0v) is 17.5. The number of hydrogen-bond donors (Lipinski definition) is 0. The second kappa shape index (κ2) is 8.62. The van der Waals surface area contributed by atoms with Gasteiger partial charge < -0.3 is 14.4 Å². The molecule has 0 aliphatic carbocycles. The Hall–Kier alpha value is -2.91. The standard InChI is InChI=1S/C19H18ClN3O5S/c1-11-12-8-15(18(26)22(9-16(24)27-2)10-17(25)28-3)29-19(12)23(21-11)14-7-5-4-6-13(14)20/h4-8H,9-10H2,1-3H3. The molecule has 0 spiro atoms. The van der Waals surface area contributed by atoms with Gasteiger partial charge in [0, 0.05) is 5.39 Å². The maximum atomic E-state index is 13.0. The van der Waals surface area contributed by atoms with Crippen molar-refractivity contribution >= 4 is 51.0 Å². The molecule has 3 rings (SSSR count). The van der Waals surface area contributed by atoms with Gasteiger partial charge >= 0.3 is 11.9 Å². The van der Waals surface area contributed by atoms with Gasteiger partial charge in [0.2, 0.25) is 0 Å². The lowest BCUT2D eigenvalue weighted by Gasteiger charge is -2.19. The van der Waals surface area contributed by atoms with E-state index in [0.717, 1.165) is 20.8 Å². The van der Waals surface area contributed by atoms with Gasteiger partial charge in [-0.3, -0.25) is 14.4 Å². The second-order valence-electron chi connectivity index (χ2n) is 6.09. The second-order valence-corrected chi connectivity index (χ2v) is 7.53. The number of amides is 1. The Balaban J connectivity index is 2.01. The minimum atomic E-state index is -0.637. The van der Waals surface area contributed by atoms with Crippen molar-refractivity contribution < 1.29 is 23.9 Å². The summed E-state index contributed by atoms with van der Waals surface area (Å²) in [5.74, 6) is -1.75. The van der Waals surface area contributed by atoms with Gasteiger partial charge in [-0.1, -0.05) is 23.7 Å². The molecule has 29 heavy (non-hydrogen) atoms. The lowest BCUT2D eigenvalue weighted by Crippen LogP contribution is -2.39. The molecule has 2 aromatic heterocycles. The first-order chi connectivity index (χ1) is 13.8. The molecule has 0 saturated carbocycles. The normalized spacial score (nSPS) is 10.8. The van der Waals surface area contributed by atoms with Crippen LogP contribution in [-0.2, 0) is 19.1 Å². The van der Waals surface area contributed by atoms with Crippen LogP contribution >= 0.6 is 22.9 Å². The number of esters is 2. The van der Waals surface area contributed by atoms with E-state index in [-0.39, 0.29) is 13.1 Å². The van der Waals surface area contributed by atoms with Crippen LogP contribution in [0.5, 0.6) is 0 Å². The average Bonchev–Trinajstić information content (AvgIpc) is 3.27. The fourth-order valence-electron chi connectivity index (χ4n) is 2.74. The van der Waals surface area contributed by atoms with Gasteiger partial charge in [-0.2, -0.15) is 5.10 Å². The zero-order chi connectivity index (χ0) is 21.1. The lowest BCUT2D eigenvalue weighted by molar-refractivity contribution is -0.144. The lowest BCUT2D eigenvalue weighted by atomic mass is 10.3. The van der Waals surface area contributed by atoms with Crippen LogP contribution in [0.15, 0.2) is 30.3 Å². The van der Waals surface area contributed by atoms with Crippen molar-refractivity contribution in [3.8, 4) is 5.69 Å². The van der Waals surface area contributed by atoms with E-state index in [1.807, 2.05) is 25.1 Å². The van der Waals surface area contributed by atoms with E-state index in [9.17, 15) is 14.4 Å². The number of benzene rings is 1. The van der Waals surface area contributed by atoms with Gasteiger partial charge in [0.25, 0.3) is 5.91 Å². The maximum absolute atomic E-state index is 13.0. The molecule has 3 aromatic rings. The third-order valence-electron chi connectivity index (χ3n) is 4.22. The van der Waals surface area contributed by atoms with E-state index in [4.69, 9.17) is 11.6 Å². The van der Waals surface area contributed by atoms with E-state index >= 15 is 0 Å². The molecule has 152 valence electrons. The molecule has 0 aliphatic heterocycles. The van der Waals surface area contributed by atoms with Crippen molar-refractivity contribution in [1.29, 1.82) is 0 Å². The monoisotopic (exact) mass is 435 g/mol. The summed E-state index contributed by atoms with van der Waals surface area (Å²) in [4.78, 5) is 38.6. The number of thiophene rings is 1. The summed E-state index contributed by atoms with van der Waals surface area (Å²) in [6.07, 6.45) is 0.